The number of methoxy groups -OCH3 is 1. The Balaban J connectivity index is 1.26. The molecule has 23 heavy (non-hydrogen) atoms. The van der Waals surface area contributed by atoms with Crippen molar-refractivity contribution >= 4 is 5.97 Å². The first-order chi connectivity index (χ1) is 11.3. The van der Waals surface area contributed by atoms with E-state index in [1.165, 1.54) is 0 Å². The summed E-state index contributed by atoms with van der Waals surface area (Å²) in [6.07, 6.45) is 1.50. The van der Waals surface area contributed by atoms with Crippen LogP contribution < -0.4 is 4.74 Å². The van der Waals surface area contributed by atoms with Gasteiger partial charge in [-0.3, -0.25) is 9.63 Å². The summed E-state index contributed by atoms with van der Waals surface area (Å²) in [7, 11) is 1.65. The molecule has 1 aromatic rings. The fraction of sp³-hybridized carbons (Fsp3) is 0.588. The summed E-state index contributed by atoms with van der Waals surface area (Å²) >= 11 is 0. The maximum absolute atomic E-state index is 12.0. The zero-order chi connectivity index (χ0) is 15.8. The molecule has 0 aromatic heterocycles. The zero-order valence-electron chi connectivity index (χ0n) is 13.1. The van der Waals surface area contributed by atoms with Crippen LogP contribution in [0.5, 0.6) is 5.75 Å². The van der Waals surface area contributed by atoms with Crippen molar-refractivity contribution in [2.24, 2.45) is 5.92 Å². The lowest BCUT2D eigenvalue weighted by molar-refractivity contribution is -0.169. The van der Waals surface area contributed by atoms with Gasteiger partial charge in [-0.05, 0) is 24.1 Å². The minimum atomic E-state index is -0.146. The fourth-order valence-corrected chi connectivity index (χ4v) is 3.74. The predicted octanol–water partition coefficient (Wildman–Crippen LogP) is 1.53. The summed E-state index contributed by atoms with van der Waals surface area (Å²) in [4.78, 5) is 17.9. The monoisotopic (exact) mass is 319 g/mol. The zero-order valence-corrected chi connectivity index (χ0v) is 13.1. The molecule has 3 fully saturated rings. The molecule has 4 atom stereocenters. The Morgan fingerprint density at radius 1 is 1.30 bits per heavy atom. The lowest BCUT2D eigenvalue weighted by Crippen LogP contribution is -2.30. The smallest absolute Gasteiger partial charge is 0.313 e. The first-order valence-corrected chi connectivity index (χ1v) is 8.11. The molecule has 0 bridgehead atoms. The van der Waals surface area contributed by atoms with Crippen LogP contribution >= 0.6 is 0 Å². The Kier molecular flexibility index (Phi) is 3.97. The van der Waals surface area contributed by atoms with Crippen molar-refractivity contribution in [2.75, 3.05) is 20.3 Å². The number of benzene rings is 1. The molecular formula is C17H21NO5. The standard InChI is InChI=1S/C17H21NO5/c1-20-12-4-2-11(3-5-12)10-21-9-7-13-15-16-14(22-17(15)19)6-8-18(16)23-13/h2-5,13-16H,6-10H2,1H3/t13-,14+,15-,16-/m0/s1. The second kappa shape index (κ2) is 6.11. The highest BCUT2D eigenvalue weighted by molar-refractivity contribution is 5.77. The second-order valence-corrected chi connectivity index (χ2v) is 6.25. The fourth-order valence-electron chi connectivity index (χ4n) is 3.74. The summed E-state index contributed by atoms with van der Waals surface area (Å²) in [6.45, 7) is 1.95. The molecule has 0 unspecified atom stereocenters. The molecule has 3 saturated heterocycles. The van der Waals surface area contributed by atoms with E-state index in [-0.39, 0.29) is 30.1 Å². The summed E-state index contributed by atoms with van der Waals surface area (Å²) in [5.41, 5.74) is 1.10. The summed E-state index contributed by atoms with van der Waals surface area (Å²) in [6, 6.07) is 7.93. The first-order valence-electron chi connectivity index (χ1n) is 8.11. The number of nitrogens with zero attached hydrogens (tertiary/aromatic N) is 1. The van der Waals surface area contributed by atoms with Gasteiger partial charge < -0.3 is 14.2 Å². The van der Waals surface area contributed by atoms with E-state index in [1.54, 1.807) is 7.11 Å². The minimum absolute atomic E-state index is 0.0257. The van der Waals surface area contributed by atoms with Gasteiger partial charge in [0.15, 0.2) is 0 Å². The van der Waals surface area contributed by atoms with E-state index >= 15 is 0 Å². The molecule has 6 heteroatoms. The maximum atomic E-state index is 12.0. The summed E-state index contributed by atoms with van der Waals surface area (Å²) < 4.78 is 16.3. The summed E-state index contributed by atoms with van der Waals surface area (Å²) in [5.74, 6) is 0.581. The molecular weight excluding hydrogens is 298 g/mol. The van der Waals surface area contributed by atoms with Crippen molar-refractivity contribution < 1.29 is 23.8 Å². The van der Waals surface area contributed by atoms with Crippen molar-refractivity contribution in [3.63, 3.8) is 0 Å². The highest BCUT2D eigenvalue weighted by atomic mass is 16.7. The number of hydroxylamine groups is 2. The SMILES string of the molecule is COc1ccc(COCC[C@@H]2ON3CC[C@H]4OC(=O)[C@@H]2[C@H]43)cc1. The Morgan fingerprint density at radius 2 is 2.13 bits per heavy atom. The van der Waals surface area contributed by atoms with E-state index in [4.69, 9.17) is 19.0 Å². The van der Waals surface area contributed by atoms with E-state index in [0.717, 1.165) is 24.3 Å². The van der Waals surface area contributed by atoms with Crippen LogP contribution in [0.2, 0.25) is 0 Å². The van der Waals surface area contributed by atoms with Crippen LogP contribution in [-0.4, -0.2) is 49.5 Å². The number of carbonyl (C=O) groups is 1. The highest BCUT2D eigenvalue weighted by Crippen LogP contribution is 2.43. The number of hydrogen-bond acceptors (Lipinski definition) is 6. The van der Waals surface area contributed by atoms with E-state index in [0.29, 0.717) is 19.6 Å². The third-order valence-corrected chi connectivity index (χ3v) is 4.90. The number of rotatable bonds is 6. The Labute approximate surface area is 135 Å². The molecule has 3 heterocycles. The number of esters is 1. The van der Waals surface area contributed by atoms with E-state index < -0.39 is 0 Å². The largest absolute Gasteiger partial charge is 0.497 e. The number of carbonyl (C=O) groups excluding carboxylic acids is 1. The Hall–Kier alpha value is -1.63. The quantitative estimate of drug-likeness (QED) is 0.585. The molecule has 6 nitrogen and oxygen atoms in total. The molecule has 0 saturated carbocycles. The van der Waals surface area contributed by atoms with Crippen molar-refractivity contribution in [3.8, 4) is 5.75 Å². The van der Waals surface area contributed by atoms with Crippen LogP contribution in [0.4, 0.5) is 0 Å². The number of hydrogen-bond donors (Lipinski definition) is 0. The van der Waals surface area contributed by atoms with Gasteiger partial charge in [-0.1, -0.05) is 12.1 Å². The van der Waals surface area contributed by atoms with Crippen molar-refractivity contribution in [1.29, 1.82) is 0 Å². The van der Waals surface area contributed by atoms with Crippen molar-refractivity contribution in [1.82, 2.24) is 5.06 Å². The van der Waals surface area contributed by atoms with Crippen LogP contribution in [0.25, 0.3) is 0 Å². The van der Waals surface area contributed by atoms with Crippen LogP contribution in [0, 0.1) is 5.92 Å². The molecule has 0 N–H and O–H groups in total. The molecule has 0 amide bonds. The van der Waals surface area contributed by atoms with Gasteiger partial charge in [0.2, 0.25) is 0 Å². The van der Waals surface area contributed by atoms with E-state index in [9.17, 15) is 4.79 Å². The highest BCUT2D eigenvalue weighted by Gasteiger charge is 2.60. The average molecular weight is 319 g/mol. The van der Waals surface area contributed by atoms with Gasteiger partial charge in [0.05, 0.1) is 25.9 Å². The molecule has 1 aromatic carbocycles. The third-order valence-electron chi connectivity index (χ3n) is 4.90. The van der Waals surface area contributed by atoms with E-state index in [2.05, 4.69) is 0 Å². The van der Waals surface area contributed by atoms with Crippen LogP contribution in [0.15, 0.2) is 24.3 Å². The second-order valence-electron chi connectivity index (χ2n) is 6.25. The molecule has 3 aliphatic rings. The van der Waals surface area contributed by atoms with Crippen LogP contribution in [0.1, 0.15) is 18.4 Å². The van der Waals surface area contributed by atoms with Crippen molar-refractivity contribution in [2.45, 2.75) is 37.7 Å². The Morgan fingerprint density at radius 3 is 2.91 bits per heavy atom. The lowest BCUT2D eigenvalue weighted by Gasteiger charge is -2.15. The maximum Gasteiger partial charge on any atom is 0.313 e. The van der Waals surface area contributed by atoms with Gasteiger partial charge in [0, 0.05) is 19.6 Å². The van der Waals surface area contributed by atoms with Gasteiger partial charge in [-0.2, -0.15) is 5.06 Å². The van der Waals surface area contributed by atoms with Gasteiger partial charge in [0.25, 0.3) is 0 Å². The normalized spacial score (nSPS) is 32.1. The average Bonchev–Trinajstić information content (AvgIpc) is 3.21. The van der Waals surface area contributed by atoms with Gasteiger partial charge in [-0.25, -0.2) is 0 Å². The van der Waals surface area contributed by atoms with Gasteiger partial charge >= 0.3 is 5.97 Å². The molecule has 4 rings (SSSR count). The van der Waals surface area contributed by atoms with Gasteiger partial charge in [0.1, 0.15) is 17.8 Å². The number of ether oxygens (including phenoxy) is 3. The molecule has 0 aliphatic carbocycles. The third kappa shape index (κ3) is 2.71. The predicted molar refractivity (Wildman–Crippen MR) is 80.6 cm³/mol. The summed E-state index contributed by atoms with van der Waals surface area (Å²) in [5, 5.41) is 1.94. The van der Waals surface area contributed by atoms with E-state index in [1.807, 2.05) is 29.3 Å². The topological polar surface area (TPSA) is 57.2 Å². The lowest BCUT2D eigenvalue weighted by atomic mass is 9.93. The minimum Gasteiger partial charge on any atom is -0.497 e. The van der Waals surface area contributed by atoms with Gasteiger partial charge in [-0.15, -0.1) is 0 Å². The first kappa shape index (κ1) is 14.9. The molecule has 3 aliphatic heterocycles. The van der Waals surface area contributed by atoms with Crippen LogP contribution in [0.3, 0.4) is 0 Å². The Bertz CT molecular complexity index is 575. The molecule has 124 valence electrons. The van der Waals surface area contributed by atoms with Crippen LogP contribution in [-0.2, 0) is 25.7 Å². The molecule has 0 radical (unpaired) electrons. The van der Waals surface area contributed by atoms with Crippen molar-refractivity contribution in [3.05, 3.63) is 29.8 Å². The molecule has 0 spiro atoms.